The molecule has 0 radical (unpaired) electrons. The summed E-state index contributed by atoms with van der Waals surface area (Å²) in [6.07, 6.45) is 1.08. The molecule has 2 N–H and O–H groups in total. The van der Waals surface area contributed by atoms with Gasteiger partial charge >= 0.3 is 0 Å². The van der Waals surface area contributed by atoms with Crippen LogP contribution in [-0.2, 0) is 6.54 Å². The summed E-state index contributed by atoms with van der Waals surface area (Å²) in [5, 5.41) is 3.86. The normalized spacial score (nSPS) is 20.0. The Labute approximate surface area is 122 Å². The van der Waals surface area contributed by atoms with Gasteiger partial charge in [-0.25, -0.2) is 4.98 Å². The predicted molar refractivity (Wildman–Crippen MR) is 80.4 cm³/mol. The van der Waals surface area contributed by atoms with Gasteiger partial charge in [0.05, 0.1) is 10.7 Å². The molecule has 0 spiro atoms. The molecular formula is C14H16ClN3S. The Morgan fingerprint density at radius 3 is 3.00 bits per heavy atom. The van der Waals surface area contributed by atoms with E-state index < -0.39 is 0 Å². The van der Waals surface area contributed by atoms with E-state index in [9.17, 15) is 0 Å². The molecule has 1 aromatic carbocycles. The van der Waals surface area contributed by atoms with E-state index in [0.29, 0.717) is 6.04 Å². The van der Waals surface area contributed by atoms with Crippen LogP contribution in [0.1, 0.15) is 12.1 Å². The summed E-state index contributed by atoms with van der Waals surface area (Å²) in [6, 6.07) is 8.16. The maximum atomic E-state index is 6.20. The molecule has 2 heterocycles. The van der Waals surface area contributed by atoms with Gasteiger partial charge in [-0.3, -0.25) is 4.90 Å². The fraction of sp³-hybridized carbons (Fsp3) is 0.357. The average molecular weight is 294 g/mol. The predicted octanol–water partition coefficient (Wildman–Crippen LogP) is 3.00. The number of nitrogens with zero attached hydrogens (tertiary/aromatic N) is 2. The van der Waals surface area contributed by atoms with Crippen LogP contribution in [0.4, 0.5) is 0 Å². The van der Waals surface area contributed by atoms with Gasteiger partial charge in [-0.2, -0.15) is 0 Å². The van der Waals surface area contributed by atoms with Crippen molar-refractivity contribution in [1.82, 2.24) is 9.88 Å². The first-order valence-corrected chi connectivity index (χ1v) is 7.65. The van der Waals surface area contributed by atoms with E-state index in [-0.39, 0.29) is 0 Å². The lowest BCUT2D eigenvalue weighted by atomic mass is 10.2. The second-order valence-electron chi connectivity index (χ2n) is 4.91. The van der Waals surface area contributed by atoms with Crippen LogP contribution in [0, 0.1) is 0 Å². The lowest BCUT2D eigenvalue weighted by Crippen LogP contribution is -2.26. The lowest BCUT2D eigenvalue weighted by molar-refractivity contribution is 0.323. The molecule has 0 saturated carbocycles. The summed E-state index contributed by atoms with van der Waals surface area (Å²) in [6.45, 7) is 2.92. The fourth-order valence-corrected chi connectivity index (χ4v) is 3.50. The van der Waals surface area contributed by atoms with Crippen LogP contribution in [0.2, 0.25) is 5.02 Å². The van der Waals surface area contributed by atoms with E-state index in [1.54, 1.807) is 11.3 Å². The summed E-state index contributed by atoms with van der Waals surface area (Å²) < 4.78 is 0. The van der Waals surface area contributed by atoms with Crippen molar-refractivity contribution in [3.8, 4) is 10.6 Å². The maximum Gasteiger partial charge on any atom is 0.125 e. The van der Waals surface area contributed by atoms with E-state index >= 15 is 0 Å². The van der Waals surface area contributed by atoms with Gasteiger partial charge in [0.1, 0.15) is 5.01 Å². The highest BCUT2D eigenvalue weighted by Crippen LogP contribution is 2.30. The third-order valence-electron chi connectivity index (χ3n) is 3.35. The van der Waals surface area contributed by atoms with Crippen molar-refractivity contribution in [2.45, 2.75) is 19.0 Å². The van der Waals surface area contributed by atoms with Gasteiger partial charge in [0.2, 0.25) is 0 Å². The Kier molecular flexibility index (Phi) is 3.84. The molecule has 1 saturated heterocycles. The molecule has 100 valence electrons. The van der Waals surface area contributed by atoms with Gasteiger partial charge in [-0.05, 0) is 12.5 Å². The topological polar surface area (TPSA) is 42.1 Å². The Morgan fingerprint density at radius 2 is 2.26 bits per heavy atom. The van der Waals surface area contributed by atoms with Crippen LogP contribution in [0.15, 0.2) is 29.6 Å². The molecule has 1 aliphatic rings. The third-order valence-corrected chi connectivity index (χ3v) is 4.60. The van der Waals surface area contributed by atoms with E-state index in [0.717, 1.165) is 47.3 Å². The average Bonchev–Trinajstić information content (AvgIpc) is 3.00. The van der Waals surface area contributed by atoms with Crippen LogP contribution in [0.25, 0.3) is 10.6 Å². The van der Waals surface area contributed by atoms with E-state index in [2.05, 4.69) is 15.3 Å². The standard InChI is InChI=1S/C14H16ClN3S/c15-13-4-2-1-3-12(13)14-17-11(9-19-14)8-18-6-5-10(16)7-18/h1-4,9-10H,5-8,16H2/t10-/m1/s1. The number of hydrogen-bond donors (Lipinski definition) is 1. The molecular weight excluding hydrogens is 278 g/mol. The quantitative estimate of drug-likeness (QED) is 0.946. The second kappa shape index (κ2) is 5.59. The van der Waals surface area contributed by atoms with Crippen molar-refractivity contribution < 1.29 is 0 Å². The molecule has 3 rings (SSSR count). The van der Waals surface area contributed by atoms with Crippen LogP contribution >= 0.6 is 22.9 Å². The number of halogens is 1. The summed E-state index contributed by atoms with van der Waals surface area (Å²) in [7, 11) is 0. The molecule has 1 aliphatic heterocycles. The van der Waals surface area contributed by atoms with E-state index in [4.69, 9.17) is 17.3 Å². The summed E-state index contributed by atoms with van der Waals surface area (Å²) in [4.78, 5) is 7.04. The van der Waals surface area contributed by atoms with Crippen LogP contribution in [0.3, 0.4) is 0 Å². The number of thiazole rings is 1. The van der Waals surface area contributed by atoms with Crippen molar-refractivity contribution in [3.05, 3.63) is 40.4 Å². The highest BCUT2D eigenvalue weighted by Gasteiger charge is 2.20. The second-order valence-corrected chi connectivity index (χ2v) is 6.17. The fourth-order valence-electron chi connectivity index (χ4n) is 2.37. The summed E-state index contributed by atoms with van der Waals surface area (Å²) in [5.41, 5.74) is 8.04. The Morgan fingerprint density at radius 1 is 1.42 bits per heavy atom. The van der Waals surface area contributed by atoms with Gasteiger partial charge in [-0.1, -0.05) is 29.8 Å². The molecule has 3 nitrogen and oxygen atoms in total. The molecule has 0 unspecified atom stereocenters. The molecule has 0 bridgehead atoms. The number of likely N-dealkylation sites (tertiary alicyclic amines) is 1. The number of hydrogen-bond acceptors (Lipinski definition) is 4. The minimum Gasteiger partial charge on any atom is -0.326 e. The Hall–Kier alpha value is -0.940. The first-order valence-electron chi connectivity index (χ1n) is 6.39. The number of benzene rings is 1. The zero-order valence-corrected chi connectivity index (χ0v) is 12.1. The molecule has 2 aromatic rings. The number of aromatic nitrogens is 1. The zero-order valence-electron chi connectivity index (χ0n) is 10.6. The third kappa shape index (κ3) is 2.98. The van der Waals surface area contributed by atoms with E-state index in [1.165, 1.54) is 0 Å². The summed E-state index contributed by atoms with van der Waals surface area (Å²) in [5.74, 6) is 0. The number of nitrogens with two attached hydrogens (primary N) is 1. The Bertz CT molecular complexity index is 569. The molecule has 1 fully saturated rings. The first-order chi connectivity index (χ1) is 9.22. The van der Waals surface area contributed by atoms with Gasteiger partial charge in [0.25, 0.3) is 0 Å². The van der Waals surface area contributed by atoms with Gasteiger partial charge in [0.15, 0.2) is 0 Å². The zero-order chi connectivity index (χ0) is 13.2. The first kappa shape index (κ1) is 13.1. The highest BCUT2D eigenvalue weighted by atomic mass is 35.5. The van der Waals surface area contributed by atoms with Crippen molar-refractivity contribution >= 4 is 22.9 Å². The van der Waals surface area contributed by atoms with Gasteiger partial charge in [0, 0.05) is 36.6 Å². The van der Waals surface area contributed by atoms with Crippen molar-refractivity contribution in [2.24, 2.45) is 5.73 Å². The van der Waals surface area contributed by atoms with Gasteiger partial charge in [-0.15, -0.1) is 11.3 Å². The van der Waals surface area contributed by atoms with Crippen molar-refractivity contribution in [1.29, 1.82) is 0 Å². The van der Waals surface area contributed by atoms with Crippen LogP contribution in [0.5, 0.6) is 0 Å². The number of rotatable bonds is 3. The van der Waals surface area contributed by atoms with Gasteiger partial charge < -0.3 is 5.73 Å². The molecule has 0 amide bonds. The van der Waals surface area contributed by atoms with Crippen LogP contribution in [-0.4, -0.2) is 29.0 Å². The minimum absolute atomic E-state index is 0.321. The smallest absolute Gasteiger partial charge is 0.125 e. The Balaban J connectivity index is 1.75. The van der Waals surface area contributed by atoms with Crippen LogP contribution < -0.4 is 5.73 Å². The van der Waals surface area contributed by atoms with Crippen molar-refractivity contribution in [2.75, 3.05) is 13.1 Å². The molecule has 1 aromatic heterocycles. The lowest BCUT2D eigenvalue weighted by Gasteiger charge is -2.12. The monoisotopic (exact) mass is 293 g/mol. The maximum absolute atomic E-state index is 6.20. The summed E-state index contributed by atoms with van der Waals surface area (Å²) >= 11 is 7.84. The molecule has 1 atom stereocenters. The molecule has 0 aliphatic carbocycles. The van der Waals surface area contributed by atoms with E-state index in [1.807, 2.05) is 24.3 Å². The molecule has 19 heavy (non-hydrogen) atoms. The molecule has 5 heteroatoms. The highest BCUT2D eigenvalue weighted by molar-refractivity contribution is 7.13. The SMILES string of the molecule is N[C@@H]1CCN(Cc2csc(-c3ccccc3Cl)n2)C1. The minimum atomic E-state index is 0.321. The largest absolute Gasteiger partial charge is 0.326 e. The van der Waals surface area contributed by atoms with Crippen molar-refractivity contribution in [3.63, 3.8) is 0 Å².